The Labute approximate surface area is 146 Å². The Balaban J connectivity index is 1.84. The van der Waals surface area contributed by atoms with Crippen LogP contribution < -0.4 is 0 Å². The first-order valence-corrected chi connectivity index (χ1v) is 8.19. The van der Waals surface area contributed by atoms with Crippen molar-refractivity contribution in [3.63, 3.8) is 0 Å². The maximum Gasteiger partial charge on any atom is 0.141 e. The molecule has 2 aromatic heterocycles. The minimum absolute atomic E-state index is 0.158. The van der Waals surface area contributed by atoms with Gasteiger partial charge in [-0.25, -0.2) is 9.67 Å². The van der Waals surface area contributed by atoms with Crippen LogP contribution in [0.3, 0.4) is 0 Å². The number of benzene rings is 2. The molecule has 0 spiro atoms. The summed E-state index contributed by atoms with van der Waals surface area (Å²) in [6.45, 7) is 1.90. The Hall–Kier alpha value is -2.73. The van der Waals surface area contributed by atoms with E-state index in [9.17, 15) is 5.11 Å². The molecular formula is C18H13BrN4O. The van der Waals surface area contributed by atoms with Crippen LogP contribution in [0, 0.1) is 6.92 Å². The van der Waals surface area contributed by atoms with Crippen molar-refractivity contribution in [2.24, 2.45) is 0 Å². The molecule has 5 nitrogen and oxygen atoms in total. The number of aromatic nitrogens is 4. The SMILES string of the molecule is Cc1ccc2c(-n3cc(-c4ccc(Br)cc4)nn3)ccc(O)c2n1. The molecular weight excluding hydrogens is 368 g/mol. The van der Waals surface area contributed by atoms with E-state index in [4.69, 9.17) is 0 Å². The predicted molar refractivity (Wildman–Crippen MR) is 96.2 cm³/mol. The average molecular weight is 381 g/mol. The average Bonchev–Trinajstić information content (AvgIpc) is 3.06. The van der Waals surface area contributed by atoms with Gasteiger partial charge in [-0.1, -0.05) is 33.3 Å². The molecule has 0 amide bonds. The van der Waals surface area contributed by atoms with Crippen LogP contribution in [0.25, 0.3) is 27.8 Å². The smallest absolute Gasteiger partial charge is 0.141 e. The van der Waals surface area contributed by atoms with Crippen molar-refractivity contribution < 1.29 is 5.11 Å². The van der Waals surface area contributed by atoms with E-state index >= 15 is 0 Å². The topological polar surface area (TPSA) is 63.8 Å². The fraction of sp³-hybridized carbons (Fsp3) is 0.0556. The van der Waals surface area contributed by atoms with Gasteiger partial charge in [0, 0.05) is 21.1 Å². The standard InChI is InChI=1S/C18H13BrN4O/c1-11-2-7-14-16(8-9-17(24)18(14)20-11)23-10-15(21-22-23)12-3-5-13(19)6-4-12/h2-10,24H,1H3. The summed E-state index contributed by atoms with van der Waals surface area (Å²) in [6.07, 6.45) is 1.87. The highest BCUT2D eigenvalue weighted by molar-refractivity contribution is 9.10. The molecule has 0 atom stereocenters. The monoisotopic (exact) mass is 380 g/mol. The second-order valence-corrected chi connectivity index (χ2v) is 6.42. The molecule has 0 saturated carbocycles. The quantitative estimate of drug-likeness (QED) is 0.564. The second kappa shape index (κ2) is 5.72. The summed E-state index contributed by atoms with van der Waals surface area (Å²) in [5.41, 5.74) is 4.01. The molecule has 0 aliphatic carbocycles. The van der Waals surface area contributed by atoms with E-state index in [0.717, 1.165) is 32.5 Å². The molecule has 118 valence electrons. The van der Waals surface area contributed by atoms with Crippen LogP contribution in [0.5, 0.6) is 5.75 Å². The molecule has 2 heterocycles. The lowest BCUT2D eigenvalue weighted by Crippen LogP contribution is -1.97. The number of nitrogens with zero attached hydrogens (tertiary/aromatic N) is 4. The highest BCUT2D eigenvalue weighted by Gasteiger charge is 2.11. The molecule has 0 radical (unpaired) electrons. The van der Waals surface area contributed by atoms with Crippen molar-refractivity contribution in [2.75, 3.05) is 0 Å². The van der Waals surface area contributed by atoms with E-state index in [1.165, 1.54) is 0 Å². The van der Waals surface area contributed by atoms with Crippen LogP contribution in [0.4, 0.5) is 0 Å². The van der Waals surface area contributed by atoms with Gasteiger partial charge >= 0.3 is 0 Å². The largest absolute Gasteiger partial charge is 0.506 e. The number of aryl methyl sites for hydroxylation is 1. The van der Waals surface area contributed by atoms with Gasteiger partial charge in [0.1, 0.15) is 17.0 Å². The third-order valence-corrected chi connectivity index (χ3v) is 4.36. The van der Waals surface area contributed by atoms with Crippen LogP contribution in [0.15, 0.2) is 59.2 Å². The highest BCUT2D eigenvalue weighted by atomic mass is 79.9. The molecule has 24 heavy (non-hydrogen) atoms. The third kappa shape index (κ3) is 2.55. The maximum atomic E-state index is 10.1. The summed E-state index contributed by atoms with van der Waals surface area (Å²) in [5, 5.41) is 19.4. The number of hydrogen-bond donors (Lipinski definition) is 1. The fourth-order valence-electron chi connectivity index (χ4n) is 2.62. The summed E-state index contributed by atoms with van der Waals surface area (Å²) >= 11 is 3.43. The Kier molecular flexibility index (Phi) is 3.54. The molecule has 4 aromatic rings. The zero-order valence-electron chi connectivity index (χ0n) is 12.8. The molecule has 4 rings (SSSR count). The number of hydrogen-bond acceptors (Lipinski definition) is 4. The van der Waals surface area contributed by atoms with Gasteiger partial charge in [-0.15, -0.1) is 5.10 Å². The van der Waals surface area contributed by atoms with Gasteiger partial charge in [-0.2, -0.15) is 0 Å². The molecule has 0 fully saturated rings. The first kappa shape index (κ1) is 14.8. The molecule has 0 aliphatic rings. The minimum atomic E-state index is 0.158. The number of halogens is 1. The lowest BCUT2D eigenvalue weighted by Gasteiger charge is -2.07. The first-order chi connectivity index (χ1) is 11.6. The summed E-state index contributed by atoms with van der Waals surface area (Å²) in [6, 6.07) is 15.2. The Bertz CT molecular complexity index is 1040. The van der Waals surface area contributed by atoms with E-state index < -0.39 is 0 Å². The van der Waals surface area contributed by atoms with Crippen molar-refractivity contribution in [2.45, 2.75) is 6.92 Å². The van der Waals surface area contributed by atoms with E-state index in [0.29, 0.717) is 5.52 Å². The van der Waals surface area contributed by atoms with E-state index in [-0.39, 0.29) is 5.75 Å². The summed E-state index contributed by atoms with van der Waals surface area (Å²) in [7, 11) is 0. The van der Waals surface area contributed by atoms with E-state index in [1.807, 2.05) is 55.6 Å². The number of phenols is 1. The van der Waals surface area contributed by atoms with Crippen molar-refractivity contribution in [3.05, 3.63) is 64.9 Å². The van der Waals surface area contributed by atoms with Crippen LogP contribution >= 0.6 is 15.9 Å². The van der Waals surface area contributed by atoms with Crippen LogP contribution in [0.1, 0.15) is 5.69 Å². The Morgan fingerprint density at radius 3 is 2.58 bits per heavy atom. The zero-order valence-corrected chi connectivity index (χ0v) is 14.4. The fourth-order valence-corrected chi connectivity index (χ4v) is 2.88. The molecule has 6 heteroatoms. The number of aromatic hydroxyl groups is 1. The summed E-state index contributed by atoms with van der Waals surface area (Å²) in [4.78, 5) is 4.42. The second-order valence-electron chi connectivity index (χ2n) is 5.51. The maximum absolute atomic E-state index is 10.1. The van der Waals surface area contributed by atoms with Crippen molar-refractivity contribution >= 4 is 26.8 Å². The van der Waals surface area contributed by atoms with E-state index in [1.54, 1.807) is 10.7 Å². The first-order valence-electron chi connectivity index (χ1n) is 7.40. The predicted octanol–water partition coefficient (Wildman–Crippen LogP) is 4.26. The summed E-state index contributed by atoms with van der Waals surface area (Å²) < 4.78 is 2.72. The van der Waals surface area contributed by atoms with Crippen molar-refractivity contribution in [3.8, 4) is 22.7 Å². The molecule has 1 N–H and O–H groups in total. The number of pyridine rings is 1. The molecule has 0 aliphatic heterocycles. The number of rotatable bonds is 2. The Morgan fingerprint density at radius 2 is 1.79 bits per heavy atom. The lowest BCUT2D eigenvalue weighted by molar-refractivity contribution is 0.480. The minimum Gasteiger partial charge on any atom is -0.506 e. The zero-order chi connectivity index (χ0) is 16.7. The Morgan fingerprint density at radius 1 is 1.00 bits per heavy atom. The van der Waals surface area contributed by atoms with Crippen LogP contribution in [-0.2, 0) is 0 Å². The van der Waals surface area contributed by atoms with Gasteiger partial charge in [-0.3, -0.25) is 0 Å². The van der Waals surface area contributed by atoms with Crippen molar-refractivity contribution in [1.82, 2.24) is 20.0 Å². The lowest BCUT2D eigenvalue weighted by atomic mass is 10.1. The molecule has 0 bridgehead atoms. The van der Waals surface area contributed by atoms with Gasteiger partial charge in [0.15, 0.2) is 0 Å². The molecule has 0 saturated heterocycles. The van der Waals surface area contributed by atoms with Gasteiger partial charge in [0.2, 0.25) is 0 Å². The normalized spacial score (nSPS) is 11.1. The van der Waals surface area contributed by atoms with Crippen LogP contribution in [0.2, 0.25) is 0 Å². The highest BCUT2D eigenvalue weighted by Crippen LogP contribution is 2.29. The van der Waals surface area contributed by atoms with Gasteiger partial charge in [0.25, 0.3) is 0 Å². The van der Waals surface area contributed by atoms with E-state index in [2.05, 4.69) is 31.2 Å². The van der Waals surface area contributed by atoms with Gasteiger partial charge in [-0.05, 0) is 43.3 Å². The van der Waals surface area contributed by atoms with Gasteiger partial charge in [0.05, 0.1) is 11.9 Å². The van der Waals surface area contributed by atoms with Crippen LogP contribution in [-0.4, -0.2) is 25.1 Å². The van der Waals surface area contributed by atoms with Gasteiger partial charge < -0.3 is 5.11 Å². The van der Waals surface area contributed by atoms with Crippen molar-refractivity contribution in [1.29, 1.82) is 0 Å². The molecule has 2 aromatic carbocycles. The third-order valence-electron chi connectivity index (χ3n) is 3.83. The summed E-state index contributed by atoms with van der Waals surface area (Å²) in [5.74, 6) is 0.158. The number of phenolic OH excluding ortho intramolecular Hbond substituents is 1. The number of fused-ring (bicyclic) bond motifs is 1. The molecule has 0 unspecified atom stereocenters.